The zero-order chi connectivity index (χ0) is 24.2. The van der Waals surface area contributed by atoms with Crippen molar-refractivity contribution >= 4 is 12.3 Å². The molecule has 0 spiro atoms. The fourth-order valence-corrected chi connectivity index (χ4v) is 3.97. The first-order valence-corrected chi connectivity index (χ1v) is 14.2. The van der Waals surface area contributed by atoms with Gasteiger partial charge in [0, 0.05) is 0 Å². The Kier molecular flexibility index (Phi) is 26.0. The van der Waals surface area contributed by atoms with Crippen molar-refractivity contribution in [1.82, 2.24) is 0 Å². The number of rotatable bonds is 24. The molecule has 0 rings (SSSR count). The van der Waals surface area contributed by atoms with E-state index in [2.05, 4.69) is 18.6 Å². The van der Waals surface area contributed by atoms with Crippen LogP contribution in [0.15, 0.2) is 0 Å². The summed E-state index contributed by atoms with van der Waals surface area (Å²) in [7, 11) is 0. The lowest BCUT2D eigenvalue weighted by atomic mass is 10.1. The third kappa shape index (κ3) is 26.9. The van der Waals surface area contributed by atoms with Gasteiger partial charge in [-0.05, 0) is 12.8 Å². The third-order valence-corrected chi connectivity index (χ3v) is 6.10. The van der Waals surface area contributed by atoms with E-state index in [1.165, 1.54) is 103 Å². The average Bonchev–Trinajstić information content (AvgIpc) is 2.80. The SMILES string of the molecule is CCCCCCCCCCCCCOC(=O)OC(=O)OCCCCCCCCCCCCC. The first-order valence-electron chi connectivity index (χ1n) is 14.2. The summed E-state index contributed by atoms with van der Waals surface area (Å²) >= 11 is 0. The fraction of sp³-hybridized carbons (Fsp3) is 0.929. The van der Waals surface area contributed by atoms with Gasteiger partial charge in [-0.15, -0.1) is 0 Å². The average molecular weight is 471 g/mol. The van der Waals surface area contributed by atoms with Gasteiger partial charge in [-0.3, -0.25) is 0 Å². The van der Waals surface area contributed by atoms with Gasteiger partial charge in [0.15, 0.2) is 0 Å². The van der Waals surface area contributed by atoms with Crippen LogP contribution in [0.2, 0.25) is 0 Å². The maximum atomic E-state index is 11.5. The predicted molar refractivity (Wildman–Crippen MR) is 137 cm³/mol. The van der Waals surface area contributed by atoms with Crippen LogP contribution < -0.4 is 0 Å². The Hall–Kier alpha value is -1.26. The van der Waals surface area contributed by atoms with Crippen molar-refractivity contribution in [2.24, 2.45) is 0 Å². The molecule has 0 saturated heterocycles. The van der Waals surface area contributed by atoms with Crippen LogP contribution >= 0.6 is 0 Å². The lowest BCUT2D eigenvalue weighted by molar-refractivity contribution is 0.0353. The minimum Gasteiger partial charge on any atom is -0.434 e. The van der Waals surface area contributed by atoms with Crippen LogP contribution in [0.5, 0.6) is 0 Å². The molecule has 0 unspecified atom stereocenters. The van der Waals surface area contributed by atoms with Crippen molar-refractivity contribution in [2.45, 2.75) is 155 Å². The Balaban J connectivity index is 3.30. The van der Waals surface area contributed by atoms with Crippen LogP contribution in [0.3, 0.4) is 0 Å². The highest BCUT2D eigenvalue weighted by Gasteiger charge is 2.12. The summed E-state index contributed by atoms with van der Waals surface area (Å²) in [5.41, 5.74) is 0. The van der Waals surface area contributed by atoms with Crippen molar-refractivity contribution in [3.63, 3.8) is 0 Å². The Morgan fingerprint density at radius 1 is 0.394 bits per heavy atom. The molecule has 0 aromatic carbocycles. The number of ether oxygens (including phenoxy) is 3. The van der Waals surface area contributed by atoms with Gasteiger partial charge < -0.3 is 14.2 Å². The van der Waals surface area contributed by atoms with Crippen LogP contribution in [0.1, 0.15) is 155 Å². The van der Waals surface area contributed by atoms with Gasteiger partial charge in [0.1, 0.15) is 0 Å². The normalized spacial score (nSPS) is 10.8. The quantitative estimate of drug-likeness (QED) is 0.0797. The van der Waals surface area contributed by atoms with Gasteiger partial charge in [0.2, 0.25) is 0 Å². The second-order valence-corrected chi connectivity index (χ2v) is 9.37. The molecule has 5 nitrogen and oxygen atoms in total. The molecule has 33 heavy (non-hydrogen) atoms. The zero-order valence-corrected chi connectivity index (χ0v) is 22.0. The summed E-state index contributed by atoms with van der Waals surface area (Å²) in [6.07, 6.45) is 25.3. The van der Waals surface area contributed by atoms with Gasteiger partial charge in [-0.2, -0.15) is 0 Å². The molecule has 0 bridgehead atoms. The maximum Gasteiger partial charge on any atom is 0.518 e. The van der Waals surface area contributed by atoms with E-state index in [4.69, 9.17) is 9.47 Å². The van der Waals surface area contributed by atoms with E-state index >= 15 is 0 Å². The molecule has 0 aliphatic carbocycles. The number of unbranched alkanes of at least 4 members (excludes halogenated alkanes) is 20. The van der Waals surface area contributed by atoms with Crippen LogP contribution in [-0.4, -0.2) is 25.5 Å². The highest BCUT2D eigenvalue weighted by molar-refractivity contribution is 5.76. The van der Waals surface area contributed by atoms with E-state index in [0.717, 1.165) is 38.5 Å². The molecular weight excluding hydrogens is 416 g/mol. The molecule has 0 radical (unpaired) electrons. The molecule has 0 aromatic heterocycles. The maximum absolute atomic E-state index is 11.5. The number of hydrogen-bond acceptors (Lipinski definition) is 5. The van der Waals surface area contributed by atoms with Gasteiger partial charge in [0.25, 0.3) is 0 Å². The second-order valence-electron chi connectivity index (χ2n) is 9.37. The third-order valence-electron chi connectivity index (χ3n) is 6.10. The van der Waals surface area contributed by atoms with Crippen LogP contribution in [0.4, 0.5) is 9.59 Å². The highest BCUT2D eigenvalue weighted by atomic mass is 16.8. The summed E-state index contributed by atoms with van der Waals surface area (Å²) in [6, 6.07) is 0. The Bertz CT molecular complexity index is 387. The first kappa shape index (κ1) is 31.7. The molecule has 0 atom stereocenters. The van der Waals surface area contributed by atoms with Gasteiger partial charge in [0.05, 0.1) is 13.2 Å². The zero-order valence-electron chi connectivity index (χ0n) is 22.0. The Labute approximate surface area is 204 Å². The summed E-state index contributed by atoms with van der Waals surface area (Å²) < 4.78 is 14.4. The summed E-state index contributed by atoms with van der Waals surface area (Å²) in [5, 5.41) is 0. The number of carbonyl (C=O) groups excluding carboxylic acids is 2. The van der Waals surface area contributed by atoms with E-state index in [9.17, 15) is 9.59 Å². The number of carbonyl (C=O) groups is 2. The molecule has 0 N–H and O–H groups in total. The summed E-state index contributed by atoms with van der Waals surface area (Å²) in [5.74, 6) is 0. The van der Waals surface area contributed by atoms with Crippen molar-refractivity contribution in [2.75, 3.05) is 13.2 Å². The van der Waals surface area contributed by atoms with Crippen LogP contribution in [-0.2, 0) is 14.2 Å². The standard InChI is InChI=1S/C28H54O5/c1-3-5-7-9-11-13-15-17-19-21-23-25-31-27(29)33-28(30)32-26-24-22-20-18-16-14-12-10-8-6-4-2/h3-26H2,1-2H3. The topological polar surface area (TPSA) is 61.8 Å². The molecule has 0 aliphatic heterocycles. The Morgan fingerprint density at radius 2 is 0.636 bits per heavy atom. The van der Waals surface area contributed by atoms with Crippen LogP contribution in [0, 0.1) is 0 Å². The molecule has 0 aliphatic rings. The van der Waals surface area contributed by atoms with E-state index in [-0.39, 0.29) is 0 Å². The predicted octanol–water partition coefficient (Wildman–Crippen LogP) is 9.90. The van der Waals surface area contributed by atoms with Crippen molar-refractivity contribution in [3.05, 3.63) is 0 Å². The fourth-order valence-electron chi connectivity index (χ4n) is 3.97. The highest BCUT2D eigenvalue weighted by Crippen LogP contribution is 2.12. The second kappa shape index (κ2) is 27.0. The van der Waals surface area contributed by atoms with E-state index in [1.54, 1.807) is 0 Å². The first-order chi connectivity index (χ1) is 16.2. The molecule has 0 heterocycles. The minimum atomic E-state index is -0.953. The lowest BCUT2D eigenvalue weighted by Gasteiger charge is -2.06. The molecule has 0 amide bonds. The van der Waals surface area contributed by atoms with E-state index < -0.39 is 12.3 Å². The molecule has 0 fully saturated rings. The number of hydrogen-bond donors (Lipinski definition) is 0. The molecule has 196 valence electrons. The van der Waals surface area contributed by atoms with E-state index in [1.807, 2.05) is 0 Å². The van der Waals surface area contributed by atoms with Crippen LogP contribution in [0.25, 0.3) is 0 Å². The van der Waals surface area contributed by atoms with E-state index in [0.29, 0.717) is 13.2 Å². The smallest absolute Gasteiger partial charge is 0.434 e. The minimum absolute atomic E-state index is 0.293. The monoisotopic (exact) mass is 470 g/mol. The summed E-state index contributed by atoms with van der Waals surface area (Å²) in [6.45, 7) is 5.08. The van der Waals surface area contributed by atoms with Crippen molar-refractivity contribution < 1.29 is 23.8 Å². The van der Waals surface area contributed by atoms with Gasteiger partial charge >= 0.3 is 12.3 Å². The molecule has 5 heteroatoms. The largest absolute Gasteiger partial charge is 0.518 e. The molecular formula is C28H54O5. The molecule has 0 aromatic rings. The Morgan fingerprint density at radius 3 is 0.909 bits per heavy atom. The van der Waals surface area contributed by atoms with Gasteiger partial charge in [-0.1, -0.05) is 142 Å². The van der Waals surface area contributed by atoms with Crippen molar-refractivity contribution in [1.29, 1.82) is 0 Å². The molecule has 0 saturated carbocycles. The summed E-state index contributed by atoms with van der Waals surface area (Å²) in [4.78, 5) is 23.0. The van der Waals surface area contributed by atoms with Gasteiger partial charge in [-0.25, -0.2) is 9.59 Å². The van der Waals surface area contributed by atoms with Crippen molar-refractivity contribution in [3.8, 4) is 0 Å². The lowest BCUT2D eigenvalue weighted by Crippen LogP contribution is -2.16.